The van der Waals surface area contributed by atoms with Gasteiger partial charge in [0.05, 0.1) is 0 Å². The van der Waals surface area contributed by atoms with Crippen LogP contribution >= 0.6 is 0 Å². The van der Waals surface area contributed by atoms with E-state index in [0.29, 0.717) is 6.61 Å². The highest BCUT2D eigenvalue weighted by Gasteiger charge is 2.09. The Kier molecular flexibility index (Phi) is 4.09. The third-order valence-corrected chi connectivity index (χ3v) is 4.29. The van der Waals surface area contributed by atoms with E-state index >= 15 is 0 Å². The summed E-state index contributed by atoms with van der Waals surface area (Å²) in [5, 5.41) is 12.6. The zero-order chi connectivity index (χ0) is 17.1. The van der Waals surface area contributed by atoms with Crippen molar-refractivity contribution in [2.24, 2.45) is 0 Å². The first-order valence-electron chi connectivity index (χ1n) is 8.29. The molecule has 0 aliphatic carbocycles. The van der Waals surface area contributed by atoms with Crippen molar-refractivity contribution in [3.8, 4) is 22.6 Å². The van der Waals surface area contributed by atoms with Gasteiger partial charge in [-0.05, 0) is 34.5 Å². The quantitative estimate of drug-likeness (QED) is 0.514. The van der Waals surface area contributed by atoms with Crippen molar-refractivity contribution in [1.29, 1.82) is 0 Å². The smallest absolute Gasteiger partial charge is 0.127 e. The number of para-hydroxylation sites is 2. The van der Waals surface area contributed by atoms with Gasteiger partial charge < -0.3 is 9.84 Å². The van der Waals surface area contributed by atoms with Gasteiger partial charge in [-0.3, -0.25) is 0 Å². The zero-order valence-electron chi connectivity index (χ0n) is 13.7. The van der Waals surface area contributed by atoms with Crippen LogP contribution in [-0.2, 0) is 6.61 Å². The molecule has 4 rings (SSSR count). The molecule has 1 N–H and O–H groups in total. The molecule has 2 nitrogen and oxygen atoms in total. The third kappa shape index (κ3) is 3.20. The molecule has 4 aromatic rings. The van der Waals surface area contributed by atoms with Crippen LogP contribution in [0.15, 0.2) is 91.0 Å². The van der Waals surface area contributed by atoms with Crippen LogP contribution in [0.1, 0.15) is 5.56 Å². The molecule has 0 spiro atoms. The Morgan fingerprint density at radius 2 is 1.32 bits per heavy atom. The number of benzene rings is 4. The van der Waals surface area contributed by atoms with E-state index < -0.39 is 0 Å². The topological polar surface area (TPSA) is 29.5 Å². The number of hydrogen-bond donors (Lipinski definition) is 1. The van der Waals surface area contributed by atoms with Gasteiger partial charge in [-0.25, -0.2) is 0 Å². The summed E-state index contributed by atoms with van der Waals surface area (Å²) < 4.78 is 6.07. The van der Waals surface area contributed by atoms with Crippen molar-refractivity contribution in [1.82, 2.24) is 0 Å². The molecule has 0 amide bonds. The van der Waals surface area contributed by atoms with Gasteiger partial charge in [0, 0.05) is 11.1 Å². The monoisotopic (exact) mass is 326 g/mol. The number of phenolic OH excluding ortho intramolecular Hbond substituents is 1. The molecule has 0 aliphatic rings. The van der Waals surface area contributed by atoms with E-state index in [1.165, 1.54) is 10.8 Å². The van der Waals surface area contributed by atoms with Gasteiger partial charge in [-0.2, -0.15) is 0 Å². The molecule has 0 radical (unpaired) electrons. The standard InChI is InChI=1S/C23H18O2/c24-22-11-5-3-9-20(22)21-10-4-6-12-23(21)25-16-17-13-14-18-7-1-2-8-19(18)15-17/h1-15,24H,16H2. The van der Waals surface area contributed by atoms with Crippen LogP contribution in [0.4, 0.5) is 0 Å². The van der Waals surface area contributed by atoms with Crippen LogP contribution in [0.3, 0.4) is 0 Å². The van der Waals surface area contributed by atoms with Crippen molar-refractivity contribution in [3.63, 3.8) is 0 Å². The van der Waals surface area contributed by atoms with E-state index in [-0.39, 0.29) is 5.75 Å². The summed E-state index contributed by atoms with van der Waals surface area (Å²) in [6.45, 7) is 0.482. The minimum Gasteiger partial charge on any atom is -0.507 e. The fourth-order valence-corrected chi connectivity index (χ4v) is 3.01. The molecule has 0 unspecified atom stereocenters. The predicted molar refractivity (Wildman–Crippen MR) is 102 cm³/mol. The number of rotatable bonds is 4. The average Bonchev–Trinajstić information content (AvgIpc) is 2.67. The summed E-state index contributed by atoms with van der Waals surface area (Å²) >= 11 is 0. The van der Waals surface area contributed by atoms with Gasteiger partial charge >= 0.3 is 0 Å². The molecular formula is C23H18O2. The molecule has 0 atom stereocenters. The lowest BCUT2D eigenvalue weighted by Crippen LogP contribution is -1.97. The lowest BCUT2D eigenvalue weighted by molar-refractivity contribution is 0.307. The first-order chi connectivity index (χ1) is 12.3. The summed E-state index contributed by atoms with van der Waals surface area (Å²) in [5.41, 5.74) is 2.78. The van der Waals surface area contributed by atoms with Gasteiger partial charge in [0.2, 0.25) is 0 Å². The van der Waals surface area contributed by atoms with E-state index in [9.17, 15) is 5.11 Å². The van der Waals surface area contributed by atoms with E-state index in [4.69, 9.17) is 4.74 Å². The van der Waals surface area contributed by atoms with Crippen LogP contribution in [0, 0.1) is 0 Å². The largest absolute Gasteiger partial charge is 0.507 e. The molecule has 0 aliphatic heterocycles. The second-order valence-electron chi connectivity index (χ2n) is 5.98. The van der Waals surface area contributed by atoms with Crippen molar-refractivity contribution < 1.29 is 9.84 Å². The normalized spacial score (nSPS) is 10.7. The van der Waals surface area contributed by atoms with E-state index in [1.54, 1.807) is 6.07 Å². The highest BCUT2D eigenvalue weighted by Crippen LogP contribution is 2.35. The summed E-state index contributed by atoms with van der Waals surface area (Å²) in [5.74, 6) is 1.02. The fraction of sp³-hybridized carbons (Fsp3) is 0.0435. The lowest BCUT2D eigenvalue weighted by atomic mass is 10.0. The van der Waals surface area contributed by atoms with Crippen molar-refractivity contribution in [2.45, 2.75) is 6.61 Å². The second-order valence-corrected chi connectivity index (χ2v) is 5.98. The Bertz CT molecular complexity index is 1020. The first kappa shape index (κ1) is 15.3. The Morgan fingerprint density at radius 3 is 2.16 bits per heavy atom. The molecule has 122 valence electrons. The molecule has 2 heteroatoms. The molecule has 25 heavy (non-hydrogen) atoms. The van der Waals surface area contributed by atoms with Crippen LogP contribution in [0.2, 0.25) is 0 Å². The highest BCUT2D eigenvalue weighted by atomic mass is 16.5. The second kappa shape index (κ2) is 6.70. The number of phenols is 1. The maximum absolute atomic E-state index is 10.1. The summed E-state index contributed by atoms with van der Waals surface area (Å²) in [6, 6.07) is 29.8. The summed E-state index contributed by atoms with van der Waals surface area (Å²) in [4.78, 5) is 0. The summed E-state index contributed by atoms with van der Waals surface area (Å²) in [7, 11) is 0. The van der Waals surface area contributed by atoms with E-state index in [1.807, 2.05) is 54.6 Å². The summed E-state index contributed by atoms with van der Waals surface area (Å²) in [6.07, 6.45) is 0. The molecule has 0 bridgehead atoms. The Labute approximate surface area is 146 Å². The third-order valence-electron chi connectivity index (χ3n) is 4.29. The predicted octanol–water partition coefficient (Wildman–Crippen LogP) is 5.79. The molecule has 4 aromatic carbocycles. The SMILES string of the molecule is Oc1ccccc1-c1ccccc1OCc1ccc2ccccc2c1. The number of hydrogen-bond acceptors (Lipinski definition) is 2. The van der Waals surface area contributed by atoms with Crippen LogP contribution < -0.4 is 4.74 Å². The average molecular weight is 326 g/mol. The van der Waals surface area contributed by atoms with Crippen LogP contribution in [0.25, 0.3) is 21.9 Å². The maximum Gasteiger partial charge on any atom is 0.127 e. The molecule has 0 saturated heterocycles. The van der Waals surface area contributed by atoms with Crippen molar-refractivity contribution in [2.75, 3.05) is 0 Å². The molecule has 0 saturated carbocycles. The maximum atomic E-state index is 10.1. The minimum atomic E-state index is 0.254. The number of ether oxygens (including phenoxy) is 1. The van der Waals surface area contributed by atoms with E-state index in [0.717, 1.165) is 22.4 Å². The highest BCUT2D eigenvalue weighted by molar-refractivity contribution is 5.83. The number of fused-ring (bicyclic) bond motifs is 1. The van der Waals surface area contributed by atoms with Crippen LogP contribution in [0.5, 0.6) is 11.5 Å². The first-order valence-corrected chi connectivity index (χ1v) is 8.29. The molecule has 0 aromatic heterocycles. The number of aromatic hydroxyl groups is 1. The van der Waals surface area contributed by atoms with Gasteiger partial charge in [0.15, 0.2) is 0 Å². The van der Waals surface area contributed by atoms with Gasteiger partial charge in [0.25, 0.3) is 0 Å². The Hall–Kier alpha value is -3.26. The van der Waals surface area contributed by atoms with Crippen molar-refractivity contribution in [3.05, 3.63) is 96.6 Å². The molecule has 0 heterocycles. The lowest BCUT2D eigenvalue weighted by Gasteiger charge is -2.13. The van der Waals surface area contributed by atoms with Gasteiger partial charge in [-0.1, -0.05) is 72.8 Å². The molecule has 0 fully saturated rings. The molecular weight excluding hydrogens is 308 g/mol. The Balaban J connectivity index is 1.62. The zero-order valence-corrected chi connectivity index (χ0v) is 13.7. The van der Waals surface area contributed by atoms with E-state index in [2.05, 4.69) is 30.3 Å². The van der Waals surface area contributed by atoms with Gasteiger partial charge in [0.1, 0.15) is 18.1 Å². The van der Waals surface area contributed by atoms with Gasteiger partial charge in [-0.15, -0.1) is 0 Å². The van der Waals surface area contributed by atoms with Crippen molar-refractivity contribution >= 4 is 10.8 Å². The Morgan fingerprint density at radius 1 is 0.640 bits per heavy atom. The fourth-order valence-electron chi connectivity index (χ4n) is 3.01. The van der Waals surface area contributed by atoms with Crippen LogP contribution in [-0.4, -0.2) is 5.11 Å². The minimum absolute atomic E-state index is 0.254.